The van der Waals surface area contributed by atoms with Crippen molar-refractivity contribution < 1.29 is 9.90 Å². The van der Waals surface area contributed by atoms with Crippen LogP contribution in [0.4, 0.5) is 0 Å². The van der Waals surface area contributed by atoms with Gasteiger partial charge in [-0.1, -0.05) is 25.7 Å². The zero-order valence-electron chi connectivity index (χ0n) is 9.67. The van der Waals surface area contributed by atoms with Crippen LogP contribution in [0.3, 0.4) is 0 Å². The molecule has 0 aliphatic heterocycles. The number of hydrogen-bond donors (Lipinski definition) is 2. The van der Waals surface area contributed by atoms with Crippen molar-refractivity contribution in [2.45, 2.75) is 70.4 Å². The summed E-state index contributed by atoms with van der Waals surface area (Å²) in [5.74, 6) is -0.833. The number of aliphatic carboxylic acids is 1. The van der Waals surface area contributed by atoms with Crippen LogP contribution in [0.2, 0.25) is 0 Å². The number of nitrogens with one attached hydrogen (secondary N) is 1. The van der Waals surface area contributed by atoms with Gasteiger partial charge < -0.3 is 10.4 Å². The molecule has 2 N–H and O–H groups in total. The zero-order valence-corrected chi connectivity index (χ0v) is 9.67. The molecule has 0 saturated heterocycles. The minimum atomic E-state index is -0.833. The molecular weight excluding hydrogens is 190 g/mol. The molecule has 3 heteroatoms. The fraction of sp³-hybridized carbons (Fsp3) is 0.917. The van der Waals surface area contributed by atoms with E-state index >= 15 is 0 Å². The fourth-order valence-corrected chi connectivity index (χ4v) is 2.52. The summed E-state index contributed by atoms with van der Waals surface area (Å²) in [6, 6.07) is 1.77. The van der Waals surface area contributed by atoms with E-state index in [0.717, 1.165) is 19.0 Å². The summed E-state index contributed by atoms with van der Waals surface area (Å²) in [4.78, 5) is 9.00. The largest absolute Gasteiger partial charge is 0.481 e. The Morgan fingerprint density at radius 2 is 1.27 bits per heavy atom. The van der Waals surface area contributed by atoms with E-state index in [-0.39, 0.29) is 0 Å². The van der Waals surface area contributed by atoms with E-state index in [9.17, 15) is 0 Å². The molecule has 2 rings (SSSR count). The second kappa shape index (κ2) is 6.83. The topological polar surface area (TPSA) is 49.3 Å². The van der Waals surface area contributed by atoms with Gasteiger partial charge in [-0.25, -0.2) is 0 Å². The molecule has 15 heavy (non-hydrogen) atoms. The van der Waals surface area contributed by atoms with Crippen LogP contribution in [-0.2, 0) is 4.79 Å². The fourth-order valence-electron chi connectivity index (χ4n) is 2.52. The molecule has 0 amide bonds. The third-order valence-electron chi connectivity index (χ3n) is 3.18. The Labute approximate surface area is 92.3 Å². The summed E-state index contributed by atoms with van der Waals surface area (Å²) >= 11 is 0. The Morgan fingerprint density at radius 1 is 1.00 bits per heavy atom. The van der Waals surface area contributed by atoms with Crippen LogP contribution in [0.15, 0.2) is 0 Å². The Kier molecular flexibility index (Phi) is 5.69. The molecule has 0 heterocycles. The second-order valence-electron chi connectivity index (χ2n) is 4.65. The lowest BCUT2D eigenvalue weighted by Crippen LogP contribution is -2.34. The summed E-state index contributed by atoms with van der Waals surface area (Å²) in [6.07, 6.45) is 11.6. The molecule has 0 unspecified atom stereocenters. The van der Waals surface area contributed by atoms with Crippen LogP contribution in [0.1, 0.15) is 58.3 Å². The van der Waals surface area contributed by atoms with Gasteiger partial charge in [0.1, 0.15) is 0 Å². The quantitative estimate of drug-likeness (QED) is 0.741. The smallest absolute Gasteiger partial charge is 0.300 e. The molecule has 3 nitrogen and oxygen atoms in total. The molecule has 0 spiro atoms. The van der Waals surface area contributed by atoms with Gasteiger partial charge >= 0.3 is 0 Å². The molecule has 0 aromatic rings. The van der Waals surface area contributed by atoms with Gasteiger partial charge in [-0.15, -0.1) is 0 Å². The van der Waals surface area contributed by atoms with Gasteiger partial charge in [0, 0.05) is 19.0 Å². The van der Waals surface area contributed by atoms with E-state index in [4.69, 9.17) is 9.90 Å². The van der Waals surface area contributed by atoms with Gasteiger partial charge in [-0.2, -0.15) is 0 Å². The lowest BCUT2D eigenvalue weighted by molar-refractivity contribution is -0.134. The van der Waals surface area contributed by atoms with E-state index in [2.05, 4.69) is 5.32 Å². The molecule has 0 aromatic heterocycles. The van der Waals surface area contributed by atoms with Crippen LogP contribution in [0.5, 0.6) is 0 Å². The van der Waals surface area contributed by atoms with E-state index < -0.39 is 5.97 Å². The molecule has 2 aliphatic rings. The van der Waals surface area contributed by atoms with Crippen LogP contribution in [-0.4, -0.2) is 23.2 Å². The predicted molar refractivity (Wildman–Crippen MR) is 61.0 cm³/mol. The lowest BCUT2D eigenvalue weighted by atomic mass is 10.2. The van der Waals surface area contributed by atoms with Crippen LogP contribution < -0.4 is 5.32 Å². The summed E-state index contributed by atoms with van der Waals surface area (Å²) < 4.78 is 0. The average molecular weight is 213 g/mol. The Hall–Kier alpha value is -0.570. The summed E-state index contributed by atoms with van der Waals surface area (Å²) in [7, 11) is 0. The Morgan fingerprint density at radius 3 is 1.53 bits per heavy atom. The average Bonchev–Trinajstić information content (AvgIpc) is 2.76. The standard InChI is InChI=1S/C10H19N.C2H4O2/c1-2-6-9(5-1)11-10-7-3-4-8-10;1-2(3)4/h9-11H,1-8H2;1H3,(H,3,4). The first-order valence-corrected chi connectivity index (χ1v) is 6.14. The lowest BCUT2D eigenvalue weighted by Gasteiger charge is -2.17. The minimum absolute atomic E-state index is 0.833. The van der Waals surface area contributed by atoms with E-state index in [1.807, 2.05) is 0 Å². The normalized spacial score (nSPS) is 22.5. The van der Waals surface area contributed by atoms with Crippen LogP contribution in [0, 0.1) is 0 Å². The molecule has 2 saturated carbocycles. The molecule has 0 radical (unpaired) electrons. The van der Waals surface area contributed by atoms with E-state index in [1.165, 1.54) is 51.4 Å². The van der Waals surface area contributed by atoms with E-state index in [0.29, 0.717) is 0 Å². The third-order valence-corrected chi connectivity index (χ3v) is 3.18. The number of hydrogen-bond acceptors (Lipinski definition) is 2. The SMILES string of the molecule is C1CCC(NC2CCCC2)C1.CC(=O)O. The van der Waals surface area contributed by atoms with Gasteiger partial charge in [0.2, 0.25) is 0 Å². The third kappa shape index (κ3) is 5.78. The van der Waals surface area contributed by atoms with Crippen molar-refractivity contribution in [1.82, 2.24) is 5.32 Å². The Balaban J connectivity index is 0.000000245. The van der Waals surface area contributed by atoms with Gasteiger partial charge in [0.05, 0.1) is 0 Å². The number of carboxylic acid groups (broad SMARTS) is 1. The van der Waals surface area contributed by atoms with Crippen molar-refractivity contribution >= 4 is 5.97 Å². The number of carboxylic acids is 1. The van der Waals surface area contributed by atoms with Gasteiger partial charge in [-0.3, -0.25) is 4.79 Å². The highest BCUT2D eigenvalue weighted by Crippen LogP contribution is 2.23. The molecule has 88 valence electrons. The van der Waals surface area contributed by atoms with Crippen molar-refractivity contribution in [2.24, 2.45) is 0 Å². The van der Waals surface area contributed by atoms with Crippen molar-refractivity contribution in [3.63, 3.8) is 0 Å². The first-order valence-electron chi connectivity index (χ1n) is 6.14. The molecule has 0 atom stereocenters. The maximum absolute atomic E-state index is 9.00. The Bertz CT molecular complexity index is 164. The van der Waals surface area contributed by atoms with Crippen molar-refractivity contribution in [3.05, 3.63) is 0 Å². The maximum atomic E-state index is 9.00. The molecule has 0 aromatic carbocycles. The number of carbonyl (C=O) groups is 1. The zero-order chi connectivity index (χ0) is 11.1. The molecule has 0 bridgehead atoms. The highest BCUT2D eigenvalue weighted by Gasteiger charge is 2.21. The first-order chi connectivity index (χ1) is 7.18. The second-order valence-corrected chi connectivity index (χ2v) is 4.65. The van der Waals surface area contributed by atoms with Crippen LogP contribution >= 0.6 is 0 Å². The molecule has 2 fully saturated rings. The minimum Gasteiger partial charge on any atom is -0.481 e. The van der Waals surface area contributed by atoms with Gasteiger partial charge in [0.25, 0.3) is 5.97 Å². The highest BCUT2D eigenvalue weighted by atomic mass is 16.4. The van der Waals surface area contributed by atoms with Gasteiger partial charge in [0.15, 0.2) is 0 Å². The molecular formula is C12H23NO2. The van der Waals surface area contributed by atoms with E-state index in [1.54, 1.807) is 0 Å². The van der Waals surface area contributed by atoms with Crippen molar-refractivity contribution in [3.8, 4) is 0 Å². The number of rotatable bonds is 2. The van der Waals surface area contributed by atoms with Gasteiger partial charge in [-0.05, 0) is 25.7 Å². The van der Waals surface area contributed by atoms with Crippen molar-refractivity contribution in [1.29, 1.82) is 0 Å². The summed E-state index contributed by atoms with van der Waals surface area (Å²) in [5.41, 5.74) is 0. The van der Waals surface area contributed by atoms with Crippen LogP contribution in [0.25, 0.3) is 0 Å². The summed E-state index contributed by atoms with van der Waals surface area (Å²) in [5, 5.41) is 11.2. The highest BCUT2D eigenvalue weighted by molar-refractivity contribution is 5.62. The maximum Gasteiger partial charge on any atom is 0.300 e. The predicted octanol–water partition coefficient (Wildman–Crippen LogP) is 2.55. The summed E-state index contributed by atoms with van der Waals surface area (Å²) in [6.45, 7) is 1.08. The molecule has 2 aliphatic carbocycles. The monoisotopic (exact) mass is 213 g/mol. The van der Waals surface area contributed by atoms with Crippen molar-refractivity contribution in [2.75, 3.05) is 0 Å². The first kappa shape index (κ1) is 12.5.